The number of hydrogen-bond acceptors (Lipinski definition) is 6. The van der Waals surface area contributed by atoms with Crippen molar-refractivity contribution >= 4 is 34.4 Å². The molecule has 0 saturated heterocycles. The van der Waals surface area contributed by atoms with Gasteiger partial charge in [0.05, 0.1) is 14.1 Å². The molecule has 2 aromatic heterocycles. The van der Waals surface area contributed by atoms with Gasteiger partial charge in [-0.15, -0.1) is 11.3 Å². The van der Waals surface area contributed by atoms with E-state index in [0.29, 0.717) is 15.8 Å². The summed E-state index contributed by atoms with van der Waals surface area (Å²) in [4.78, 5) is 19.4. The summed E-state index contributed by atoms with van der Waals surface area (Å²) in [6, 6.07) is 3.40. The van der Waals surface area contributed by atoms with Crippen LogP contribution in [0.15, 0.2) is 18.5 Å². The molecule has 2 aromatic rings. The first-order valence-electron chi connectivity index (χ1n) is 5.62. The molecule has 0 aromatic carbocycles. The average Bonchev–Trinajstić information content (AvgIpc) is 2.82. The van der Waals surface area contributed by atoms with Crippen LogP contribution in [-0.4, -0.2) is 21.4 Å². The van der Waals surface area contributed by atoms with Crippen molar-refractivity contribution < 1.29 is 4.92 Å². The van der Waals surface area contributed by atoms with Crippen LogP contribution < -0.4 is 5.32 Å². The molecule has 8 heteroatoms. The zero-order chi connectivity index (χ0) is 13.8. The van der Waals surface area contributed by atoms with Gasteiger partial charge in [0, 0.05) is 6.54 Å². The van der Waals surface area contributed by atoms with Crippen LogP contribution in [0, 0.1) is 10.1 Å². The molecule has 2 rings (SSSR count). The fourth-order valence-electron chi connectivity index (χ4n) is 1.55. The van der Waals surface area contributed by atoms with Gasteiger partial charge in [0.25, 0.3) is 0 Å². The van der Waals surface area contributed by atoms with E-state index in [0.717, 1.165) is 6.42 Å². The predicted octanol–water partition coefficient (Wildman–Crippen LogP) is 3.59. The van der Waals surface area contributed by atoms with E-state index >= 15 is 0 Å². The summed E-state index contributed by atoms with van der Waals surface area (Å²) in [5.74, 6) is 0.237. The van der Waals surface area contributed by atoms with E-state index in [1.807, 2.05) is 6.92 Å². The van der Waals surface area contributed by atoms with Crippen LogP contribution in [0.1, 0.15) is 13.3 Å². The van der Waals surface area contributed by atoms with Gasteiger partial charge in [-0.1, -0.05) is 18.5 Å². The molecule has 0 aliphatic heterocycles. The van der Waals surface area contributed by atoms with E-state index in [4.69, 9.17) is 11.6 Å². The minimum Gasteiger partial charge on any atom is -0.364 e. The zero-order valence-electron chi connectivity index (χ0n) is 10.1. The average molecular weight is 299 g/mol. The molecule has 100 valence electrons. The molecular formula is C11H11ClN4O2S. The monoisotopic (exact) mass is 298 g/mol. The fraction of sp³-hybridized carbons (Fsp3) is 0.273. The maximum Gasteiger partial charge on any atom is 0.338 e. The van der Waals surface area contributed by atoms with Crippen molar-refractivity contribution in [2.75, 3.05) is 11.9 Å². The Bertz CT molecular complexity index is 602. The number of halogens is 1. The smallest absolute Gasteiger partial charge is 0.338 e. The fourth-order valence-corrected chi connectivity index (χ4v) is 2.59. The highest BCUT2D eigenvalue weighted by Gasteiger charge is 2.24. The lowest BCUT2D eigenvalue weighted by Crippen LogP contribution is -2.07. The molecule has 0 spiro atoms. The van der Waals surface area contributed by atoms with Gasteiger partial charge in [0.1, 0.15) is 6.33 Å². The van der Waals surface area contributed by atoms with Crippen LogP contribution >= 0.6 is 22.9 Å². The quantitative estimate of drug-likeness (QED) is 0.674. The van der Waals surface area contributed by atoms with Crippen molar-refractivity contribution in [3.63, 3.8) is 0 Å². The standard InChI is InChI=1S/C11H11ClN4O2S/c1-2-5-13-11-10(16(17)18)9(14-6-15-11)7-3-4-8(12)19-7/h3-4,6H,2,5H2,1H3,(H,13,14,15). The minimum absolute atomic E-state index is 0.116. The molecule has 1 N–H and O–H groups in total. The van der Waals surface area contributed by atoms with E-state index < -0.39 is 4.92 Å². The maximum atomic E-state index is 11.2. The largest absolute Gasteiger partial charge is 0.364 e. The van der Waals surface area contributed by atoms with Crippen LogP contribution in [0.5, 0.6) is 0 Å². The molecule has 0 saturated carbocycles. The summed E-state index contributed by atoms with van der Waals surface area (Å²) in [5, 5.41) is 14.2. The van der Waals surface area contributed by atoms with Crippen molar-refractivity contribution in [1.82, 2.24) is 9.97 Å². The topological polar surface area (TPSA) is 81.0 Å². The third kappa shape index (κ3) is 2.99. The van der Waals surface area contributed by atoms with E-state index in [-0.39, 0.29) is 17.2 Å². The van der Waals surface area contributed by atoms with Crippen LogP contribution in [0.3, 0.4) is 0 Å². The Morgan fingerprint density at radius 1 is 1.47 bits per heavy atom. The normalized spacial score (nSPS) is 10.4. The second-order valence-corrected chi connectivity index (χ2v) is 5.42. The van der Waals surface area contributed by atoms with Gasteiger partial charge >= 0.3 is 5.69 Å². The van der Waals surface area contributed by atoms with E-state index in [2.05, 4.69) is 15.3 Å². The first-order valence-corrected chi connectivity index (χ1v) is 6.82. The summed E-state index contributed by atoms with van der Waals surface area (Å²) in [6.45, 7) is 2.59. The Labute approximate surface area is 118 Å². The highest BCUT2D eigenvalue weighted by molar-refractivity contribution is 7.19. The molecule has 0 atom stereocenters. The Hall–Kier alpha value is -1.73. The number of rotatable bonds is 5. The van der Waals surface area contributed by atoms with Crippen molar-refractivity contribution in [3.8, 4) is 10.6 Å². The predicted molar refractivity (Wildman–Crippen MR) is 75.8 cm³/mol. The van der Waals surface area contributed by atoms with Crippen LogP contribution in [0.4, 0.5) is 11.5 Å². The Kier molecular flexibility index (Phi) is 4.28. The SMILES string of the molecule is CCCNc1ncnc(-c2ccc(Cl)s2)c1[N+](=O)[O-]. The summed E-state index contributed by atoms with van der Waals surface area (Å²) in [6.07, 6.45) is 2.16. The molecule has 0 bridgehead atoms. The summed E-state index contributed by atoms with van der Waals surface area (Å²) >= 11 is 7.10. The van der Waals surface area contributed by atoms with E-state index in [1.54, 1.807) is 12.1 Å². The molecule has 0 amide bonds. The van der Waals surface area contributed by atoms with E-state index in [1.165, 1.54) is 17.7 Å². The van der Waals surface area contributed by atoms with Crippen LogP contribution in [0.25, 0.3) is 10.6 Å². The number of nitrogens with zero attached hydrogens (tertiary/aromatic N) is 3. The molecule has 19 heavy (non-hydrogen) atoms. The molecular weight excluding hydrogens is 288 g/mol. The number of nitro groups is 1. The lowest BCUT2D eigenvalue weighted by Gasteiger charge is -2.06. The van der Waals surface area contributed by atoms with Gasteiger partial charge in [-0.05, 0) is 18.6 Å². The molecule has 6 nitrogen and oxygen atoms in total. The molecule has 0 aliphatic carbocycles. The van der Waals surface area contributed by atoms with Gasteiger partial charge in [0.2, 0.25) is 5.82 Å². The molecule has 0 fully saturated rings. The van der Waals surface area contributed by atoms with Crippen LogP contribution in [-0.2, 0) is 0 Å². The molecule has 2 heterocycles. The number of hydrogen-bond donors (Lipinski definition) is 1. The molecule has 0 aliphatic rings. The van der Waals surface area contributed by atoms with Gasteiger partial charge in [0.15, 0.2) is 5.69 Å². The first kappa shape index (κ1) is 13.7. The lowest BCUT2D eigenvalue weighted by molar-refractivity contribution is -0.383. The second-order valence-electron chi connectivity index (χ2n) is 3.71. The summed E-state index contributed by atoms with van der Waals surface area (Å²) < 4.78 is 0.561. The Morgan fingerprint density at radius 2 is 2.26 bits per heavy atom. The zero-order valence-corrected chi connectivity index (χ0v) is 11.7. The van der Waals surface area contributed by atoms with Gasteiger partial charge < -0.3 is 5.32 Å². The number of aromatic nitrogens is 2. The third-order valence-corrected chi connectivity index (χ3v) is 3.59. The van der Waals surface area contributed by atoms with Crippen molar-refractivity contribution in [3.05, 3.63) is 32.9 Å². The van der Waals surface area contributed by atoms with Crippen molar-refractivity contribution in [2.24, 2.45) is 0 Å². The van der Waals surface area contributed by atoms with Crippen LogP contribution in [0.2, 0.25) is 4.34 Å². The number of thiophene rings is 1. The van der Waals surface area contributed by atoms with Crippen molar-refractivity contribution in [2.45, 2.75) is 13.3 Å². The number of anilines is 1. The first-order chi connectivity index (χ1) is 9.13. The van der Waals surface area contributed by atoms with Crippen molar-refractivity contribution in [1.29, 1.82) is 0 Å². The van der Waals surface area contributed by atoms with Gasteiger partial charge in [-0.3, -0.25) is 10.1 Å². The highest BCUT2D eigenvalue weighted by Crippen LogP contribution is 2.37. The van der Waals surface area contributed by atoms with E-state index in [9.17, 15) is 10.1 Å². The third-order valence-electron chi connectivity index (χ3n) is 2.35. The molecule has 0 unspecified atom stereocenters. The van der Waals surface area contributed by atoms with Gasteiger partial charge in [-0.25, -0.2) is 9.97 Å². The van der Waals surface area contributed by atoms with Gasteiger partial charge in [-0.2, -0.15) is 0 Å². The highest BCUT2D eigenvalue weighted by atomic mass is 35.5. The molecule has 0 radical (unpaired) electrons. The Morgan fingerprint density at radius 3 is 2.84 bits per heavy atom. The second kappa shape index (κ2) is 5.94. The maximum absolute atomic E-state index is 11.2. The summed E-state index contributed by atoms with van der Waals surface area (Å²) in [7, 11) is 0. The number of nitrogens with one attached hydrogen (secondary N) is 1. The minimum atomic E-state index is -0.471. The lowest BCUT2D eigenvalue weighted by atomic mass is 10.2. The Balaban J connectivity index is 2.51. The summed E-state index contributed by atoms with van der Waals surface area (Å²) in [5.41, 5.74) is 0.171.